The van der Waals surface area contributed by atoms with Crippen LogP contribution in [0.5, 0.6) is 0 Å². The lowest BCUT2D eigenvalue weighted by atomic mass is 10.2. The molecule has 0 radical (unpaired) electrons. The number of pyridine rings is 1. The average molecular weight is 511 g/mol. The Bertz CT molecular complexity index is 1650. The Balaban J connectivity index is 2.02. The van der Waals surface area contributed by atoms with Gasteiger partial charge in [-0.15, -0.1) is 0 Å². The minimum atomic E-state index is -4.95. The van der Waals surface area contributed by atoms with Crippen molar-refractivity contribution in [1.82, 2.24) is 14.3 Å². The average Bonchev–Trinajstić information content (AvgIpc) is 3.08. The highest BCUT2D eigenvalue weighted by Crippen LogP contribution is 2.30. The molecule has 0 N–H and O–H groups in total. The van der Waals surface area contributed by atoms with Crippen molar-refractivity contribution in [1.29, 1.82) is 0 Å². The topological polar surface area (TPSA) is 137 Å². The molecule has 0 atom stereocenters. The van der Waals surface area contributed by atoms with Crippen molar-refractivity contribution in [3.63, 3.8) is 0 Å². The van der Waals surface area contributed by atoms with Crippen LogP contribution in [0.3, 0.4) is 0 Å². The van der Waals surface area contributed by atoms with Gasteiger partial charge in [0, 0.05) is 25.5 Å². The number of rotatable bonds is 6. The zero-order chi connectivity index (χ0) is 26.2. The largest absolute Gasteiger partial charge is 0.306 e. The Labute approximate surface area is 203 Å². The minimum Gasteiger partial charge on any atom is -0.283 e. The van der Waals surface area contributed by atoms with Crippen LogP contribution in [0.1, 0.15) is 16.1 Å². The summed E-state index contributed by atoms with van der Waals surface area (Å²) in [5.74, 6) is -2.38. The minimum absolute atomic E-state index is 0.112. The van der Waals surface area contributed by atoms with Crippen molar-refractivity contribution >= 4 is 27.3 Å². The number of halogens is 1. The Morgan fingerprint density at radius 1 is 1.11 bits per heavy atom. The van der Waals surface area contributed by atoms with Crippen LogP contribution in [0.2, 0.25) is 0 Å². The molecule has 36 heavy (non-hydrogen) atoms. The van der Waals surface area contributed by atoms with Crippen molar-refractivity contribution in [2.75, 3.05) is 4.31 Å². The summed E-state index contributed by atoms with van der Waals surface area (Å²) in [5.41, 5.74) is -2.08. The van der Waals surface area contributed by atoms with E-state index in [9.17, 15) is 32.5 Å². The first kappa shape index (κ1) is 24.5. The number of nitro benzene ring substituents is 1. The Hall–Kier alpha value is -4.65. The van der Waals surface area contributed by atoms with Crippen LogP contribution >= 0.6 is 0 Å². The molecule has 0 bridgehead atoms. The molecule has 13 heteroatoms. The van der Waals surface area contributed by atoms with E-state index in [4.69, 9.17) is 0 Å². The fourth-order valence-electron chi connectivity index (χ4n) is 3.62. The molecule has 4 rings (SSSR count). The van der Waals surface area contributed by atoms with Crippen LogP contribution in [0.25, 0.3) is 5.69 Å². The van der Waals surface area contributed by atoms with Gasteiger partial charge in [-0.1, -0.05) is 18.2 Å². The maximum Gasteiger partial charge on any atom is 0.306 e. The number of benzene rings is 2. The van der Waals surface area contributed by atoms with Gasteiger partial charge in [0.1, 0.15) is 5.69 Å². The lowest BCUT2D eigenvalue weighted by Crippen LogP contribution is -2.40. The van der Waals surface area contributed by atoms with Gasteiger partial charge in [0.15, 0.2) is 0 Å². The van der Waals surface area contributed by atoms with Crippen molar-refractivity contribution in [2.45, 2.75) is 11.8 Å². The number of anilines is 1. The zero-order valence-electron chi connectivity index (χ0n) is 18.9. The van der Waals surface area contributed by atoms with E-state index in [1.807, 2.05) is 0 Å². The van der Waals surface area contributed by atoms with Crippen LogP contribution in [-0.2, 0) is 17.1 Å². The number of hydrogen-bond acceptors (Lipinski definition) is 7. The van der Waals surface area contributed by atoms with E-state index in [0.717, 1.165) is 12.3 Å². The molecule has 2 heterocycles. The molecule has 0 aliphatic rings. The highest BCUT2D eigenvalue weighted by molar-refractivity contribution is 7.93. The van der Waals surface area contributed by atoms with Gasteiger partial charge in [-0.05, 0) is 43.3 Å². The monoisotopic (exact) mass is 511 g/mol. The SMILES string of the molecule is Cc1c(N(C(=O)c2cccnc2)S(=O)(=O)c2ccc(F)c([N+](=O)[O-])c2)c(=O)n(-c2ccccc2)n1C. The summed E-state index contributed by atoms with van der Waals surface area (Å²) >= 11 is 0. The maximum atomic E-state index is 13.9. The number of aromatic nitrogens is 3. The maximum absolute atomic E-state index is 13.9. The normalized spacial score (nSPS) is 11.3. The van der Waals surface area contributed by atoms with E-state index in [1.54, 1.807) is 30.3 Å². The van der Waals surface area contributed by atoms with Gasteiger partial charge in [0.2, 0.25) is 5.82 Å². The Kier molecular flexibility index (Phi) is 6.24. The van der Waals surface area contributed by atoms with Crippen LogP contribution in [-0.4, -0.2) is 33.6 Å². The van der Waals surface area contributed by atoms with Gasteiger partial charge in [0.25, 0.3) is 21.5 Å². The lowest BCUT2D eigenvalue weighted by Gasteiger charge is -2.21. The molecule has 1 amide bonds. The third-order valence-corrected chi connectivity index (χ3v) is 7.15. The Morgan fingerprint density at radius 2 is 1.81 bits per heavy atom. The second-order valence-corrected chi connectivity index (χ2v) is 9.38. The second-order valence-electron chi connectivity index (χ2n) is 7.60. The zero-order valence-corrected chi connectivity index (χ0v) is 19.7. The van der Waals surface area contributed by atoms with E-state index in [2.05, 4.69) is 4.98 Å². The number of carbonyl (C=O) groups excluding carboxylic acids is 1. The summed E-state index contributed by atoms with van der Waals surface area (Å²) in [5, 5.41) is 11.2. The molecule has 0 spiro atoms. The van der Waals surface area contributed by atoms with Gasteiger partial charge < -0.3 is 0 Å². The fourth-order valence-corrected chi connectivity index (χ4v) is 5.11. The number of sulfonamides is 1. The summed E-state index contributed by atoms with van der Waals surface area (Å²) in [6, 6.07) is 12.9. The van der Waals surface area contributed by atoms with Crippen LogP contribution < -0.4 is 9.86 Å². The van der Waals surface area contributed by atoms with Crippen molar-refractivity contribution in [2.24, 2.45) is 7.05 Å². The highest BCUT2D eigenvalue weighted by atomic mass is 32.2. The number of para-hydroxylation sites is 1. The van der Waals surface area contributed by atoms with Crippen molar-refractivity contribution in [3.05, 3.63) is 111 Å². The molecule has 2 aromatic carbocycles. The molecule has 0 aliphatic carbocycles. The first-order valence-electron chi connectivity index (χ1n) is 10.3. The molecule has 0 saturated carbocycles. The number of nitrogens with zero attached hydrogens (tertiary/aromatic N) is 5. The second kappa shape index (κ2) is 9.19. The molecule has 11 nitrogen and oxygen atoms in total. The molecule has 0 unspecified atom stereocenters. The first-order valence-corrected chi connectivity index (χ1v) is 11.8. The summed E-state index contributed by atoms with van der Waals surface area (Å²) < 4.78 is 44.3. The fraction of sp³-hybridized carbons (Fsp3) is 0.0870. The van der Waals surface area contributed by atoms with Crippen LogP contribution in [0, 0.1) is 22.9 Å². The number of amides is 1. The molecule has 0 fully saturated rings. The summed E-state index contributed by atoms with van der Waals surface area (Å²) in [6.07, 6.45) is 2.49. The molecule has 4 aromatic rings. The quantitative estimate of drug-likeness (QED) is 0.287. The third kappa shape index (κ3) is 4.05. The van der Waals surface area contributed by atoms with E-state index >= 15 is 0 Å². The van der Waals surface area contributed by atoms with E-state index < -0.39 is 48.5 Å². The molecule has 0 aliphatic heterocycles. The first-order chi connectivity index (χ1) is 17.1. The van der Waals surface area contributed by atoms with E-state index in [-0.39, 0.29) is 15.6 Å². The van der Waals surface area contributed by atoms with Gasteiger partial charge in [-0.2, -0.15) is 8.70 Å². The summed E-state index contributed by atoms with van der Waals surface area (Å²) in [7, 11) is -3.44. The van der Waals surface area contributed by atoms with Gasteiger partial charge in [0.05, 0.1) is 26.8 Å². The van der Waals surface area contributed by atoms with Crippen molar-refractivity contribution in [3.8, 4) is 5.69 Å². The summed E-state index contributed by atoms with van der Waals surface area (Å²) in [4.78, 5) is 40.4. The molecular weight excluding hydrogens is 493 g/mol. The molecule has 0 saturated heterocycles. The predicted octanol–water partition coefficient (Wildman–Crippen LogP) is 2.96. The number of hydrogen-bond donors (Lipinski definition) is 0. The molecule has 2 aromatic heterocycles. The van der Waals surface area contributed by atoms with Gasteiger partial charge in [-0.3, -0.25) is 29.4 Å². The summed E-state index contributed by atoms with van der Waals surface area (Å²) in [6.45, 7) is 1.45. The van der Waals surface area contributed by atoms with Gasteiger partial charge in [-0.25, -0.2) is 13.1 Å². The predicted molar refractivity (Wildman–Crippen MR) is 127 cm³/mol. The molecule has 184 valence electrons. The third-order valence-electron chi connectivity index (χ3n) is 5.47. The lowest BCUT2D eigenvalue weighted by molar-refractivity contribution is -0.387. The van der Waals surface area contributed by atoms with Crippen LogP contribution in [0.4, 0.5) is 15.8 Å². The van der Waals surface area contributed by atoms with E-state index in [0.29, 0.717) is 17.8 Å². The van der Waals surface area contributed by atoms with E-state index in [1.165, 1.54) is 41.7 Å². The Morgan fingerprint density at radius 3 is 2.42 bits per heavy atom. The molecular formula is C23H18FN5O6S. The highest BCUT2D eigenvalue weighted by Gasteiger charge is 2.38. The van der Waals surface area contributed by atoms with Gasteiger partial charge >= 0.3 is 5.69 Å². The standard InChI is InChI=1S/C23H18FN5O6S/c1-15-21(23(31)27(26(15)2)17-8-4-3-5-9-17)28(22(30)16-7-6-12-25-14-16)36(34,35)18-10-11-19(24)20(13-18)29(32)33/h3-14H,1-2H3. The number of carbonyl (C=O) groups is 1. The smallest absolute Gasteiger partial charge is 0.283 e. The number of nitro groups is 1. The van der Waals surface area contributed by atoms with Crippen LogP contribution in [0.15, 0.2) is 82.7 Å². The van der Waals surface area contributed by atoms with Crippen molar-refractivity contribution < 1.29 is 22.5 Å².